The second-order valence-electron chi connectivity index (χ2n) is 5.25. The summed E-state index contributed by atoms with van der Waals surface area (Å²) in [4.78, 5) is 20.2. The Morgan fingerprint density at radius 3 is 2.62 bits per heavy atom. The number of aromatic nitrogens is 3. The fraction of sp³-hybridized carbons (Fsp3) is 0.533. The first-order valence-corrected chi connectivity index (χ1v) is 7.92. The Bertz CT molecular complexity index is 659. The summed E-state index contributed by atoms with van der Waals surface area (Å²) in [6.45, 7) is 10.6. The molecule has 2 rings (SSSR count). The Kier molecular flexibility index (Phi) is 4.46. The van der Waals surface area contributed by atoms with E-state index in [1.807, 2.05) is 40.8 Å². The van der Waals surface area contributed by atoms with Crippen LogP contribution in [0.4, 0.5) is 0 Å². The summed E-state index contributed by atoms with van der Waals surface area (Å²) in [6.07, 6.45) is 0. The van der Waals surface area contributed by atoms with E-state index >= 15 is 0 Å². The van der Waals surface area contributed by atoms with Gasteiger partial charge in [0.25, 0.3) is 5.91 Å². The summed E-state index contributed by atoms with van der Waals surface area (Å²) in [5, 5.41) is 5.37. The lowest BCUT2D eigenvalue weighted by Crippen LogP contribution is -2.31. The number of carbonyl (C=O) groups excluding carboxylic acids is 1. The Labute approximate surface area is 129 Å². The van der Waals surface area contributed by atoms with E-state index in [9.17, 15) is 4.79 Å². The largest absolute Gasteiger partial charge is 0.332 e. The van der Waals surface area contributed by atoms with E-state index in [0.717, 1.165) is 16.4 Å². The van der Waals surface area contributed by atoms with Gasteiger partial charge in [-0.15, -0.1) is 11.3 Å². The minimum absolute atomic E-state index is 0.0185. The topological polar surface area (TPSA) is 51.0 Å². The Morgan fingerprint density at radius 2 is 2.10 bits per heavy atom. The number of nitrogens with zero attached hydrogens (tertiary/aromatic N) is 4. The molecule has 0 radical (unpaired) electrons. The highest BCUT2D eigenvalue weighted by Crippen LogP contribution is 2.27. The van der Waals surface area contributed by atoms with Crippen molar-refractivity contribution in [1.82, 2.24) is 19.7 Å². The van der Waals surface area contributed by atoms with Crippen LogP contribution in [0.2, 0.25) is 0 Å². The van der Waals surface area contributed by atoms with Gasteiger partial charge in [0.2, 0.25) is 0 Å². The van der Waals surface area contributed by atoms with Gasteiger partial charge in [-0.05, 0) is 40.7 Å². The fourth-order valence-electron chi connectivity index (χ4n) is 2.43. The number of hydrogen-bond donors (Lipinski definition) is 0. The van der Waals surface area contributed by atoms with Crippen molar-refractivity contribution in [2.75, 3.05) is 7.05 Å². The van der Waals surface area contributed by atoms with Crippen LogP contribution in [0.5, 0.6) is 0 Å². The van der Waals surface area contributed by atoms with Gasteiger partial charge in [0.15, 0.2) is 0 Å². The SMILES string of the molecule is CCn1nc(C)cc1C(=O)N(C)C(C)c1nc(C)sc1C. The highest BCUT2D eigenvalue weighted by molar-refractivity contribution is 7.11. The first-order valence-electron chi connectivity index (χ1n) is 7.10. The van der Waals surface area contributed by atoms with Crippen molar-refractivity contribution in [2.45, 2.75) is 47.2 Å². The maximum Gasteiger partial charge on any atom is 0.272 e. The molecule has 0 aliphatic rings. The van der Waals surface area contributed by atoms with Crippen molar-refractivity contribution in [1.29, 1.82) is 0 Å². The minimum Gasteiger partial charge on any atom is -0.332 e. The molecule has 0 bridgehead atoms. The lowest BCUT2D eigenvalue weighted by Gasteiger charge is -2.24. The predicted octanol–water partition coefficient (Wildman–Crippen LogP) is 3.12. The molecule has 5 nitrogen and oxygen atoms in total. The number of hydrogen-bond acceptors (Lipinski definition) is 4. The molecule has 0 saturated carbocycles. The molecule has 0 aliphatic carbocycles. The van der Waals surface area contributed by atoms with E-state index < -0.39 is 0 Å². The number of aryl methyl sites for hydroxylation is 4. The molecule has 2 aromatic rings. The molecule has 21 heavy (non-hydrogen) atoms. The van der Waals surface area contributed by atoms with Crippen molar-refractivity contribution in [3.05, 3.63) is 33.0 Å². The zero-order chi connectivity index (χ0) is 15.7. The van der Waals surface area contributed by atoms with Gasteiger partial charge in [-0.1, -0.05) is 0 Å². The van der Waals surface area contributed by atoms with Gasteiger partial charge in [-0.2, -0.15) is 5.10 Å². The second-order valence-corrected chi connectivity index (χ2v) is 6.66. The van der Waals surface area contributed by atoms with E-state index in [2.05, 4.69) is 17.0 Å². The lowest BCUT2D eigenvalue weighted by atomic mass is 10.2. The minimum atomic E-state index is -0.0528. The van der Waals surface area contributed by atoms with Crippen molar-refractivity contribution in [3.63, 3.8) is 0 Å². The van der Waals surface area contributed by atoms with Crippen molar-refractivity contribution >= 4 is 17.2 Å². The van der Waals surface area contributed by atoms with Crippen molar-refractivity contribution < 1.29 is 4.79 Å². The van der Waals surface area contributed by atoms with Crippen LogP contribution in [0, 0.1) is 20.8 Å². The molecular formula is C15H22N4OS. The zero-order valence-corrected chi connectivity index (χ0v) is 14.3. The zero-order valence-electron chi connectivity index (χ0n) is 13.5. The van der Waals surface area contributed by atoms with E-state index in [-0.39, 0.29) is 11.9 Å². The van der Waals surface area contributed by atoms with E-state index in [0.29, 0.717) is 12.2 Å². The van der Waals surface area contributed by atoms with Gasteiger partial charge in [0.05, 0.1) is 22.4 Å². The smallest absolute Gasteiger partial charge is 0.272 e. The molecule has 114 valence electrons. The molecule has 6 heteroatoms. The van der Waals surface area contributed by atoms with Gasteiger partial charge < -0.3 is 4.90 Å². The normalized spacial score (nSPS) is 12.5. The van der Waals surface area contributed by atoms with Gasteiger partial charge in [0, 0.05) is 18.5 Å². The van der Waals surface area contributed by atoms with Gasteiger partial charge in [0.1, 0.15) is 5.69 Å². The fourth-order valence-corrected chi connectivity index (χ4v) is 3.34. The Hall–Kier alpha value is -1.69. The molecule has 0 N–H and O–H groups in total. The summed E-state index contributed by atoms with van der Waals surface area (Å²) < 4.78 is 1.75. The maximum atomic E-state index is 12.7. The predicted molar refractivity (Wildman–Crippen MR) is 84.7 cm³/mol. The quantitative estimate of drug-likeness (QED) is 0.872. The van der Waals surface area contributed by atoms with E-state index in [1.54, 1.807) is 20.9 Å². The number of thiazole rings is 1. The molecule has 1 unspecified atom stereocenters. The van der Waals surface area contributed by atoms with Crippen LogP contribution in [-0.4, -0.2) is 32.6 Å². The van der Waals surface area contributed by atoms with Gasteiger partial charge in [-0.25, -0.2) is 4.98 Å². The molecule has 2 aromatic heterocycles. The monoisotopic (exact) mass is 306 g/mol. The molecule has 0 spiro atoms. The molecule has 0 aliphatic heterocycles. The third-order valence-electron chi connectivity index (χ3n) is 3.66. The van der Waals surface area contributed by atoms with Crippen LogP contribution in [0.25, 0.3) is 0 Å². The average Bonchev–Trinajstić information content (AvgIpc) is 2.98. The molecule has 1 atom stereocenters. The third kappa shape index (κ3) is 3.00. The number of amides is 1. The summed E-state index contributed by atoms with van der Waals surface area (Å²) in [6, 6.07) is 1.79. The summed E-state index contributed by atoms with van der Waals surface area (Å²) >= 11 is 1.67. The summed E-state index contributed by atoms with van der Waals surface area (Å²) in [5.74, 6) is -0.0185. The van der Waals surface area contributed by atoms with Crippen molar-refractivity contribution in [2.24, 2.45) is 0 Å². The second kappa shape index (κ2) is 5.97. The van der Waals surface area contributed by atoms with Crippen LogP contribution in [0.1, 0.15) is 51.7 Å². The van der Waals surface area contributed by atoms with E-state index in [1.165, 1.54) is 4.88 Å². The number of carbonyl (C=O) groups is 1. The summed E-state index contributed by atoms with van der Waals surface area (Å²) in [5.41, 5.74) is 2.48. The molecule has 0 aromatic carbocycles. The lowest BCUT2D eigenvalue weighted by molar-refractivity contribution is 0.0727. The van der Waals surface area contributed by atoms with Crippen LogP contribution in [0.3, 0.4) is 0 Å². The molecule has 0 saturated heterocycles. The van der Waals surface area contributed by atoms with Crippen molar-refractivity contribution in [3.8, 4) is 0 Å². The maximum absolute atomic E-state index is 12.7. The van der Waals surface area contributed by atoms with E-state index in [4.69, 9.17) is 0 Å². The standard InChI is InChI=1S/C15H22N4OS/c1-7-19-13(8-9(2)17-19)15(20)18(6)10(3)14-11(4)21-12(5)16-14/h8,10H,7H2,1-6H3. The number of rotatable bonds is 4. The molecular weight excluding hydrogens is 284 g/mol. The van der Waals surface area contributed by atoms with Crippen LogP contribution < -0.4 is 0 Å². The van der Waals surface area contributed by atoms with Crippen LogP contribution in [0.15, 0.2) is 6.07 Å². The molecule has 1 amide bonds. The van der Waals surface area contributed by atoms with Gasteiger partial charge >= 0.3 is 0 Å². The first kappa shape index (κ1) is 15.7. The molecule has 2 heterocycles. The Balaban J connectivity index is 2.28. The average molecular weight is 306 g/mol. The van der Waals surface area contributed by atoms with Crippen LogP contribution >= 0.6 is 11.3 Å². The highest BCUT2D eigenvalue weighted by atomic mass is 32.1. The first-order chi connectivity index (χ1) is 9.85. The van der Waals surface area contributed by atoms with Gasteiger partial charge in [-0.3, -0.25) is 9.48 Å². The molecule has 0 fully saturated rings. The summed E-state index contributed by atoms with van der Waals surface area (Å²) in [7, 11) is 1.82. The van der Waals surface area contributed by atoms with Crippen LogP contribution in [-0.2, 0) is 6.54 Å². The Morgan fingerprint density at radius 1 is 1.43 bits per heavy atom. The highest BCUT2D eigenvalue weighted by Gasteiger charge is 2.25. The third-order valence-corrected chi connectivity index (χ3v) is 4.56.